The molecule has 0 amide bonds. The minimum atomic E-state index is 0.258. The molecule has 2 aromatic rings. The fourth-order valence-electron chi connectivity index (χ4n) is 2.70. The zero-order chi connectivity index (χ0) is 11.3. The largest absolute Gasteiger partial charge is 0.477 e. The summed E-state index contributed by atoms with van der Waals surface area (Å²) >= 11 is 0. The molecular formula is C12H13N3O2. The summed E-state index contributed by atoms with van der Waals surface area (Å²) in [5.41, 5.74) is 1.12. The second kappa shape index (κ2) is 3.20. The van der Waals surface area contributed by atoms with Gasteiger partial charge in [0.2, 0.25) is 5.88 Å². The Hall–Kier alpha value is -1.62. The van der Waals surface area contributed by atoms with Crippen molar-refractivity contribution in [3.05, 3.63) is 24.8 Å². The van der Waals surface area contributed by atoms with Crippen LogP contribution >= 0.6 is 0 Å². The fraction of sp³-hybridized carbons (Fsp3) is 0.500. The Balaban J connectivity index is 1.51. The summed E-state index contributed by atoms with van der Waals surface area (Å²) < 4.78 is 13.2. The quantitative estimate of drug-likeness (QED) is 0.798. The summed E-state index contributed by atoms with van der Waals surface area (Å²) in [6, 6.07) is 1.86. The Morgan fingerprint density at radius 2 is 2.41 bits per heavy atom. The van der Waals surface area contributed by atoms with Gasteiger partial charge in [0.15, 0.2) is 0 Å². The molecule has 0 spiro atoms. The maximum absolute atomic E-state index is 5.76. The number of ether oxygens (including phenoxy) is 2. The molecule has 5 heteroatoms. The number of imidazole rings is 1. The number of hydrogen-bond donors (Lipinski definition) is 0. The molecule has 17 heavy (non-hydrogen) atoms. The van der Waals surface area contributed by atoms with E-state index in [0.717, 1.165) is 25.1 Å². The molecule has 0 atom stereocenters. The van der Waals surface area contributed by atoms with Crippen molar-refractivity contribution < 1.29 is 9.47 Å². The molecule has 2 saturated heterocycles. The lowest BCUT2D eigenvalue weighted by Crippen LogP contribution is -2.38. The van der Waals surface area contributed by atoms with Gasteiger partial charge in [-0.1, -0.05) is 0 Å². The molecule has 88 valence electrons. The van der Waals surface area contributed by atoms with Crippen LogP contribution in [0.15, 0.2) is 24.8 Å². The van der Waals surface area contributed by atoms with E-state index in [4.69, 9.17) is 9.47 Å². The van der Waals surface area contributed by atoms with Crippen LogP contribution in [0, 0.1) is 5.41 Å². The average molecular weight is 231 g/mol. The summed E-state index contributed by atoms with van der Waals surface area (Å²) in [5.74, 6) is 0.647. The van der Waals surface area contributed by atoms with Crippen LogP contribution in [0.1, 0.15) is 12.8 Å². The standard InChI is InChI=1S/C12H13N3O2/c1-2-15-8-14-11(3-10(15)13-1)17-7-12-4-9(5-12)16-6-12/h1-3,8-9H,4-7H2. The molecule has 2 bridgehead atoms. The van der Waals surface area contributed by atoms with Crippen molar-refractivity contribution >= 4 is 5.65 Å². The predicted octanol–water partition coefficient (Wildman–Crippen LogP) is 1.29. The molecule has 5 nitrogen and oxygen atoms in total. The van der Waals surface area contributed by atoms with E-state index in [9.17, 15) is 0 Å². The first kappa shape index (κ1) is 9.41. The molecule has 3 fully saturated rings. The summed E-state index contributed by atoms with van der Waals surface area (Å²) in [7, 11) is 0. The number of rotatable bonds is 3. The van der Waals surface area contributed by atoms with Gasteiger partial charge in [-0.2, -0.15) is 0 Å². The van der Waals surface area contributed by atoms with E-state index < -0.39 is 0 Å². The van der Waals surface area contributed by atoms with Crippen molar-refractivity contribution in [2.45, 2.75) is 18.9 Å². The molecule has 0 N–H and O–H groups in total. The highest BCUT2D eigenvalue weighted by Gasteiger charge is 2.52. The lowest BCUT2D eigenvalue weighted by molar-refractivity contribution is 0.0804. The first-order valence-corrected chi connectivity index (χ1v) is 5.86. The van der Waals surface area contributed by atoms with Gasteiger partial charge in [0.05, 0.1) is 19.3 Å². The van der Waals surface area contributed by atoms with Crippen LogP contribution < -0.4 is 4.74 Å². The Kier molecular flexibility index (Phi) is 1.77. The van der Waals surface area contributed by atoms with Gasteiger partial charge >= 0.3 is 0 Å². The third-order valence-electron chi connectivity index (χ3n) is 3.73. The van der Waals surface area contributed by atoms with Crippen molar-refractivity contribution in [3.63, 3.8) is 0 Å². The molecule has 0 aromatic carbocycles. The van der Waals surface area contributed by atoms with Gasteiger partial charge in [0, 0.05) is 23.9 Å². The minimum Gasteiger partial charge on any atom is -0.477 e. The van der Waals surface area contributed by atoms with Crippen LogP contribution in [-0.4, -0.2) is 33.7 Å². The molecule has 4 heterocycles. The topological polar surface area (TPSA) is 48.7 Å². The van der Waals surface area contributed by atoms with E-state index in [1.54, 1.807) is 12.5 Å². The van der Waals surface area contributed by atoms with Gasteiger partial charge in [0.1, 0.15) is 12.0 Å². The minimum absolute atomic E-state index is 0.258. The normalized spacial score (nSPS) is 30.5. The van der Waals surface area contributed by atoms with E-state index in [1.807, 2.05) is 16.7 Å². The number of nitrogens with zero attached hydrogens (tertiary/aromatic N) is 3. The van der Waals surface area contributed by atoms with Crippen molar-refractivity contribution in [2.24, 2.45) is 5.41 Å². The number of fused-ring (bicyclic) bond motifs is 2. The molecule has 5 rings (SSSR count). The second-order valence-electron chi connectivity index (χ2n) is 5.05. The SMILES string of the molecule is c1cn2cnc(OCC34COC(C3)C4)cc2n1. The van der Waals surface area contributed by atoms with E-state index in [2.05, 4.69) is 9.97 Å². The summed E-state index contributed by atoms with van der Waals surface area (Å²) in [5, 5.41) is 0. The maximum Gasteiger partial charge on any atom is 0.218 e. The van der Waals surface area contributed by atoms with Gasteiger partial charge in [-0.05, 0) is 12.8 Å². The lowest BCUT2D eigenvalue weighted by atomic mass is 9.71. The number of hydrogen-bond acceptors (Lipinski definition) is 4. The molecule has 2 aromatic heterocycles. The van der Waals surface area contributed by atoms with E-state index in [0.29, 0.717) is 18.6 Å². The first-order valence-electron chi connectivity index (χ1n) is 5.86. The molecule has 2 aliphatic heterocycles. The zero-order valence-electron chi connectivity index (χ0n) is 9.37. The Morgan fingerprint density at radius 3 is 3.24 bits per heavy atom. The highest BCUT2D eigenvalue weighted by atomic mass is 16.5. The maximum atomic E-state index is 5.76. The van der Waals surface area contributed by atoms with E-state index in [1.165, 1.54) is 0 Å². The third kappa shape index (κ3) is 1.42. The zero-order valence-corrected chi connectivity index (χ0v) is 9.37. The summed E-state index contributed by atoms with van der Waals surface area (Å²) in [4.78, 5) is 8.45. The van der Waals surface area contributed by atoms with Crippen molar-refractivity contribution in [1.82, 2.24) is 14.4 Å². The molecule has 1 aliphatic carbocycles. The Bertz CT molecular complexity index is 554. The smallest absolute Gasteiger partial charge is 0.218 e. The van der Waals surface area contributed by atoms with Crippen LogP contribution in [0.2, 0.25) is 0 Å². The monoisotopic (exact) mass is 231 g/mol. The lowest BCUT2D eigenvalue weighted by Gasteiger charge is -2.34. The van der Waals surface area contributed by atoms with Crippen LogP contribution in [0.3, 0.4) is 0 Å². The molecule has 0 radical (unpaired) electrons. The van der Waals surface area contributed by atoms with Gasteiger partial charge < -0.3 is 9.47 Å². The predicted molar refractivity (Wildman–Crippen MR) is 59.9 cm³/mol. The van der Waals surface area contributed by atoms with Gasteiger partial charge in [0.25, 0.3) is 0 Å². The molecule has 3 aliphatic rings. The van der Waals surface area contributed by atoms with Gasteiger partial charge in [-0.3, -0.25) is 4.40 Å². The van der Waals surface area contributed by atoms with Crippen LogP contribution in [0.5, 0.6) is 5.88 Å². The third-order valence-corrected chi connectivity index (χ3v) is 3.73. The van der Waals surface area contributed by atoms with Crippen molar-refractivity contribution in [3.8, 4) is 5.88 Å². The van der Waals surface area contributed by atoms with Crippen LogP contribution in [-0.2, 0) is 4.74 Å². The van der Waals surface area contributed by atoms with E-state index in [-0.39, 0.29) is 5.41 Å². The van der Waals surface area contributed by atoms with Crippen LogP contribution in [0.25, 0.3) is 5.65 Å². The van der Waals surface area contributed by atoms with Crippen LogP contribution in [0.4, 0.5) is 0 Å². The number of aromatic nitrogens is 3. The molecular weight excluding hydrogens is 218 g/mol. The van der Waals surface area contributed by atoms with Crippen molar-refractivity contribution in [2.75, 3.05) is 13.2 Å². The molecule has 1 saturated carbocycles. The van der Waals surface area contributed by atoms with E-state index >= 15 is 0 Å². The summed E-state index contributed by atoms with van der Waals surface area (Å²) in [6.07, 6.45) is 8.11. The summed E-state index contributed by atoms with van der Waals surface area (Å²) in [6.45, 7) is 1.54. The Labute approximate surface area is 98.4 Å². The highest BCUT2D eigenvalue weighted by Crippen LogP contribution is 2.49. The van der Waals surface area contributed by atoms with Gasteiger partial charge in [-0.25, -0.2) is 9.97 Å². The first-order chi connectivity index (χ1) is 8.33. The second-order valence-corrected chi connectivity index (χ2v) is 5.05. The highest BCUT2D eigenvalue weighted by molar-refractivity contribution is 5.40. The fourth-order valence-corrected chi connectivity index (χ4v) is 2.70. The average Bonchev–Trinajstić information content (AvgIpc) is 3.00. The Morgan fingerprint density at radius 1 is 1.47 bits per heavy atom. The van der Waals surface area contributed by atoms with Gasteiger partial charge in [-0.15, -0.1) is 0 Å². The van der Waals surface area contributed by atoms with Crippen molar-refractivity contribution in [1.29, 1.82) is 0 Å². The molecule has 0 unspecified atom stereocenters.